The second-order valence-electron chi connectivity index (χ2n) is 3.76. The van der Waals surface area contributed by atoms with Crippen molar-refractivity contribution in [3.63, 3.8) is 0 Å². The van der Waals surface area contributed by atoms with Gasteiger partial charge in [-0.3, -0.25) is 0 Å². The lowest BCUT2D eigenvalue weighted by molar-refractivity contribution is -0.486. The molecule has 0 saturated carbocycles. The summed E-state index contributed by atoms with van der Waals surface area (Å²) < 4.78 is 158. The van der Waals surface area contributed by atoms with Crippen LogP contribution >= 0.6 is 0 Å². The van der Waals surface area contributed by atoms with Crippen molar-refractivity contribution in [3.05, 3.63) is 0 Å². The molecule has 15 heteroatoms. The minimum absolute atomic E-state index is 0.272. The van der Waals surface area contributed by atoms with Crippen molar-refractivity contribution in [2.24, 2.45) is 0 Å². The Kier molecular flexibility index (Phi) is 6.23. The maximum absolute atomic E-state index is 13.2. The number of hydrogen-bond donors (Lipinski definition) is 0. The molecule has 0 spiro atoms. The van der Waals surface area contributed by atoms with Crippen molar-refractivity contribution in [1.29, 1.82) is 0 Å². The molecular formula is C8H7F12NO2. The highest BCUT2D eigenvalue weighted by Gasteiger charge is 2.81. The van der Waals surface area contributed by atoms with Gasteiger partial charge in [0.1, 0.15) is 6.61 Å². The zero-order valence-corrected chi connectivity index (χ0v) is 10.7. The van der Waals surface area contributed by atoms with Crippen molar-refractivity contribution in [3.8, 4) is 0 Å². The van der Waals surface area contributed by atoms with Crippen LogP contribution in [0.1, 0.15) is 0 Å². The van der Waals surface area contributed by atoms with Gasteiger partial charge in [0, 0.05) is 7.11 Å². The molecule has 0 amide bonds. The van der Waals surface area contributed by atoms with Crippen molar-refractivity contribution < 1.29 is 62.2 Å². The molecule has 0 unspecified atom stereocenters. The predicted molar refractivity (Wildman–Crippen MR) is 46.6 cm³/mol. The molecule has 0 aromatic carbocycles. The van der Waals surface area contributed by atoms with Gasteiger partial charge in [0.05, 0.1) is 0 Å². The van der Waals surface area contributed by atoms with Gasteiger partial charge in [0.2, 0.25) is 0 Å². The minimum Gasteiger partial charge on any atom is -0.343 e. The molecular weight excluding hydrogens is 370 g/mol. The zero-order chi connectivity index (χ0) is 18.9. The van der Waals surface area contributed by atoms with Gasteiger partial charge in [0.25, 0.3) is 0 Å². The normalized spacial score (nSPS) is 15.4. The fraction of sp³-hybridized carbons (Fsp3) is 1.00. The third kappa shape index (κ3) is 4.12. The minimum atomic E-state index is -7.19. The first-order valence-electron chi connectivity index (χ1n) is 5.06. The summed E-state index contributed by atoms with van der Waals surface area (Å²) in [5.41, 5.74) is 0. The predicted octanol–water partition coefficient (Wildman–Crippen LogP) is 3.81. The van der Waals surface area contributed by atoms with Gasteiger partial charge in [-0.05, 0) is 0 Å². The molecule has 23 heavy (non-hydrogen) atoms. The zero-order valence-electron chi connectivity index (χ0n) is 10.7. The summed E-state index contributed by atoms with van der Waals surface area (Å²) in [7, 11) is -0.272. The Hall–Kier alpha value is -0.960. The smallest absolute Gasteiger partial charge is 0.343 e. The number of nitrogens with zero attached hydrogens (tertiary/aromatic N) is 1. The Labute approximate surface area is 119 Å². The van der Waals surface area contributed by atoms with E-state index < -0.39 is 48.8 Å². The van der Waals surface area contributed by atoms with Gasteiger partial charge in [-0.2, -0.15) is 48.3 Å². The lowest BCUT2D eigenvalue weighted by Gasteiger charge is -2.41. The number of halogens is 12. The van der Waals surface area contributed by atoms with Crippen LogP contribution in [0.5, 0.6) is 0 Å². The lowest BCUT2D eigenvalue weighted by Crippen LogP contribution is -2.70. The Bertz CT molecular complexity index is 395. The quantitative estimate of drug-likeness (QED) is 0.475. The van der Waals surface area contributed by atoms with E-state index in [2.05, 4.69) is 9.47 Å². The topological polar surface area (TPSA) is 21.7 Å². The SMILES string of the molecule is COC(F)(F)C(F)(F)C(F)(F)N(C(F)(F)F)C(F)(F)COCF. The molecule has 0 aliphatic heterocycles. The van der Waals surface area contributed by atoms with Crippen LogP contribution in [-0.4, -0.2) is 55.9 Å². The summed E-state index contributed by atoms with van der Waals surface area (Å²) in [6.07, 6.45) is -13.2. The largest absolute Gasteiger partial charge is 0.469 e. The van der Waals surface area contributed by atoms with Crippen LogP contribution in [0.25, 0.3) is 0 Å². The molecule has 0 aliphatic rings. The Morgan fingerprint density at radius 3 is 1.57 bits per heavy atom. The summed E-state index contributed by atoms with van der Waals surface area (Å²) in [6, 6.07) is -13.2. The van der Waals surface area contributed by atoms with Gasteiger partial charge in [-0.15, -0.1) is 0 Å². The number of hydrogen-bond acceptors (Lipinski definition) is 3. The summed E-state index contributed by atoms with van der Waals surface area (Å²) in [5.74, 6) is -7.04. The van der Waals surface area contributed by atoms with E-state index in [1.165, 1.54) is 0 Å². The van der Waals surface area contributed by atoms with Crippen molar-refractivity contribution in [1.82, 2.24) is 4.90 Å². The Morgan fingerprint density at radius 1 is 0.826 bits per heavy atom. The van der Waals surface area contributed by atoms with Crippen LogP contribution in [0.15, 0.2) is 0 Å². The molecule has 0 radical (unpaired) electrons. The molecule has 0 rings (SSSR count). The first kappa shape index (κ1) is 22.0. The summed E-state index contributed by atoms with van der Waals surface area (Å²) in [5, 5.41) is 0. The number of alkyl halides is 12. The molecule has 0 aliphatic carbocycles. The van der Waals surface area contributed by atoms with Crippen molar-refractivity contribution >= 4 is 0 Å². The number of ether oxygens (including phenoxy) is 2. The van der Waals surface area contributed by atoms with Crippen LogP contribution < -0.4 is 0 Å². The molecule has 0 aromatic heterocycles. The molecule has 0 heterocycles. The molecule has 0 saturated heterocycles. The molecule has 0 fully saturated rings. The summed E-state index contributed by atoms with van der Waals surface area (Å²) in [6.45, 7) is -4.95. The van der Waals surface area contributed by atoms with E-state index in [-0.39, 0.29) is 7.11 Å². The van der Waals surface area contributed by atoms with E-state index >= 15 is 0 Å². The van der Waals surface area contributed by atoms with Crippen LogP contribution in [0.4, 0.5) is 52.7 Å². The second-order valence-corrected chi connectivity index (χ2v) is 3.76. The highest BCUT2D eigenvalue weighted by Crippen LogP contribution is 2.53. The molecule has 0 N–H and O–H groups in total. The first-order valence-corrected chi connectivity index (χ1v) is 5.06. The third-order valence-corrected chi connectivity index (χ3v) is 2.21. The second kappa shape index (κ2) is 6.51. The van der Waals surface area contributed by atoms with Crippen LogP contribution in [-0.2, 0) is 9.47 Å². The van der Waals surface area contributed by atoms with E-state index in [4.69, 9.17) is 0 Å². The molecule has 140 valence electrons. The maximum atomic E-state index is 13.2. The van der Waals surface area contributed by atoms with Gasteiger partial charge in [0.15, 0.2) is 6.86 Å². The van der Waals surface area contributed by atoms with Crippen molar-refractivity contribution in [2.45, 2.75) is 30.4 Å². The number of methoxy groups -OCH3 is 1. The van der Waals surface area contributed by atoms with Gasteiger partial charge >= 0.3 is 30.4 Å². The maximum Gasteiger partial charge on any atom is 0.469 e. The molecule has 0 atom stereocenters. The average Bonchev–Trinajstić information content (AvgIpc) is 2.33. The van der Waals surface area contributed by atoms with E-state index in [9.17, 15) is 52.7 Å². The Morgan fingerprint density at radius 2 is 1.26 bits per heavy atom. The van der Waals surface area contributed by atoms with Gasteiger partial charge in [-0.25, -0.2) is 4.39 Å². The van der Waals surface area contributed by atoms with E-state index in [0.717, 1.165) is 0 Å². The fourth-order valence-electron chi connectivity index (χ4n) is 1.22. The van der Waals surface area contributed by atoms with E-state index in [0.29, 0.717) is 0 Å². The van der Waals surface area contributed by atoms with E-state index in [1.807, 2.05) is 0 Å². The monoisotopic (exact) mass is 377 g/mol. The standard InChI is InChI=1S/C8H7F12NO2/c1-22-7(16,17)5(12,13)6(14,15)21(8(18,19)20)4(10,11)2-23-3-9/h2-3H2,1H3. The number of rotatable bonds is 8. The highest BCUT2D eigenvalue weighted by atomic mass is 19.4. The van der Waals surface area contributed by atoms with Crippen molar-refractivity contribution in [2.75, 3.05) is 20.6 Å². The molecule has 0 bridgehead atoms. The fourth-order valence-corrected chi connectivity index (χ4v) is 1.22. The third-order valence-electron chi connectivity index (χ3n) is 2.21. The molecule has 0 aromatic rings. The van der Waals surface area contributed by atoms with E-state index in [1.54, 1.807) is 0 Å². The molecule has 3 nitrogen and oxygen atoms in total. The van der Waals surface area contributed by atoms with Crippen LogP contribution in [0, 0.1) is 0 Å². The van der Waals surface area contributed by atoms with Crippen LogP contribution in [0.2, 0.25) is 0 Å². The van der Waals surface area contributed by atoms with Gasteiger partial charge in [-0.1, -0.05) is 4.90 Å². The summed E-state index contributed by atoms with van der Waals surface area (Å²) in [4.78, 5) is -3.45. The van der Waals surface area contributed by atoms with Crippen LogP contribution in [0.3, 0.4) is 0 Å². The summed E-state index contributed by atoms with van der Waals surface area (Å²) >= 11 is 0. The average molecular weight is 377 g/mol. The van der Waals surface area contributed by atoms with Gasteiger partial charge < -0.3 is 9.47 Å². The first-order chi connectivity index (χ1) is 9.99. The highest BCUT2D eigenvalue weighted by molar-refractivity contribution is 4.95. The Balaban J connectivity index is 6.10. The lowest BCUT2D eigenvalue weighted by atomic mass is 10.2.